The second kappa shape index (κ2) is 8.19. The summed E-state index contributed by atoms with van der Waals surface area (Å²) in [5.74, 6) is 0.189. The first kappa shape index (κ1) is 22.0. The van der Waals surface area contributed by atoms with Crippen molar-refractivity contribution in [1.82, 2.24) is 19.1 Å². The van der Waals surface area contributed by atoms with Gasteiger partial charge in [0.15, 0.2) is 5.84 Å². The number of carbonyl (C=O) groups is 1. The van der Waals surface area contributed by atoms with E-state index in [0.29, 0.717) is 24.4 Å². The molecule has 4 heterocycles. The van der Waals surface area contributed by atoms with Crippen molar-refractivity contribution in [2.24, 2.45) is 4.40 Å². The van der Waals surface area contributed by atoms with Crippen molar-refractivity contribution in [1.29, 1.82) is 0 Å². The number of amides is 1. The van der Waals surface area contributed by atoms with Gasteiger partial charge in [0, 0.05) is 50.7 Å². The van der Waals surface area contributed by atoms with Crippen LogP contribution in [0.2, 0.25) is 0 Å². The van der Waals surface area contributed by atoms with Crippen LogP contribution in [0.1, 0.15) is 18.4 Å². The molecule has 5 rings (SSSR count). The number of amidine groups is 1. The maximum absolute atomic E-state index is 13.4. The van der Waals surface area contributed by atoms with E-state index in [9.17, 15) is 21.6 Å². The summed E-state index contributed by atoms with van der Waals surface area (Å²) < 4.78 is 55.9. The van der Waals surface area contributed by atoms with E-state index in [4.69, 9.17) is 0 Å². The van der Waals surface area contributed by atoms with Crippen LogP contribution >= 0.6 is 0 Å². The maximum Gasteiger partial charge on any atom is 0.285 e. The molecule has 0 N–H and O–H groups in total. The second-order valence-electron chi connectivity index (χ2n) is 8.16. The van der Waals surface area contributed by atoms with Crippen molar-refractivity contribution in [3.05, 3.63) is 54.4 Å². The van der Waals surface area contributed by atoms with E-state index in [1.165, 1.54) is 28.8 Å². The minimum absolute atomic E-state index is 0.129. The zero-order valence-electron chi connectivity index (χ0n) is 17.7. The highest BCUT2D eigenvalue weighted by Crippen LogP contribution is 2.32. The first-order valence-corrected chi connectivity index (χ1v) is 13.6. The van der Waals surface area contributed by atoms with Crippen molar-refractivity contribution in [3.63, 3.8) is 0 Å². The van der Waals surface area contributed by atoms with Crippen LogP contribution in [-0.4, -0.2) is 86.4 Å². The highest BCUT2D eigenvalue weighted by atomic mass is 32.2. The summed E-state index contributed by atoms with van der Waals surface area (Å²) in [5, 5.41) is 0. The van der Waals surface area contributed by atoms with Crippen molar-refractivity contribution in [3.8, 4) is 0 Å². The SMILES string of the molecule is O=C([C@@H]1CCCN1C1=NS(=O)(=O)c2ccccc21)N1CCN(S(=O)(=O)c2cccnc2)CC1. The van der Waals surface area contributed by atoms with Gasteiger partial charge in [-0.15, -0.1) is 4.40 Å². The van der Waals surface area contributed by atoms with E-state index in [1.807, 2.05) is 0 Å². The molecule has 3 aliphatic rings. The number of aromatic nitrogens is 1. The van der Waals surface area contributed by atoms with Crippen LogP contribution in [-0.2, 0) is 24.8 Å². The van der Waals surface area contributed by atoms with E-state index < -0.39 is 26.1 Å². The third-order valence-corrected chi connectivity index (χ3v) is 9.45. The molecule has 3 aliphatic heterocycles. The van der Waals surface area contributed by atoms with Gasteiger partial charge < -0.3 is 9.80 Å². The Morgan fingerprint density at radius 3 is 2.48 bits per heavy atom. The smallest absolute Gasteiger partial charge is 0.285 e. The Hall–Kier alpha value is -2.83. The number of carbonyl (C=O) groups excluding carboxylic acids is 1. The summed E-state index contributed by atoms with van der Waals surface area (Å²) in [5.41, 5.74) is 0.518. The number of nitrogens with zero attached hydrogens (tertiary/aromatic N) is 5. The number of hydrogen-bond donors (Lipinski definition) is 0. The lowest BCUT2D eigenvalue weighted by molar-refractivity contribution is -0.136. The van der Waals surface area contributed by atoms with E-state index in [2.05, 4.69) is 9.38 Å². The molecular formula is C21H23N5O5S2. The lowest BCUT2D eigenvalue weighted by Crippen LogP contribution is -2.55. The fourth-order valence-corrected chi connectivity index (χ4v) is 7.18. The van der Waals surface area contributed by atoms with E-state index in [0.717, 1.165) is 6.42 Å². The first-order valence-electron chi connectivity index (χ1n) is 10.7. The molecule has 10 nitrogen and oxygen atoms in total. The summed E-state index contributed by atoms with van der Waals surface area (Å²) in [6.07, 6.45) is 4.17. The fourth-order valence-electron chi connectivity index (χ4n) is 4.58. The minimum atomic E-state index is -3.77. The number of benzene rings is 1. The molecular weight excluding hydrogens is 466 g/mol. The van der Waals surface area contributed by atoms with Gasteiger partial charge in [-0.1, -0.05) is 12.1 Å². The molecule has 1 amide bonds. The normalized spacial score (nSPS) is 22.8. The molecule has 0 spiro atoms. The standard InChI is InChI=1S/C21H23N5O5S2/c27-21(24-11-13-25(14-12-24)33(30,31)16-5-3-9-22-15-16)18-7-4-10-26(18)20-17-6-1-2-8-19(17)32(28,29)23-20/h1-3,5-6,8-9,15,18H,4,7,10-14H2/t18-/m0/s1. The summed E-state index contributed by atoms with van der Waals surface area (Å²) in [6.45, 7) is 1.45. The van der Waals surface area contributed by atoms with Crippen molar-refractivity contribution in [2.45, 2.75) is 28.7 Å². The Morgan fingerprint density at radius 1 is 1.00 bits per heavy atom. The van der Waals surface area contributed by atoms with Crippen molar-refractivity contribution in [2.75, 3.05) is 32.7 Å². The van der Waals surface area contributed by atoms with Crippen LogP contribution in [0.15, 0.2) is 63.0 Å². The molecule has 0 unspecified atom stereocenters. The van der Waals surface area contributed by atoms with Gasteiger partial charge in [0.1, 0.15) is 15.8 Å². The number of likely N-dealkylation sites (tertiary alicyclic amines) is 1. The maximum atomic E-state index is 13.4. The van der Waals surface area contributed by atoms with Crippen LogP contribution < -0.4 is 0 Å². The van der Waals surface area contributed by atoms with Gasteiger partial charge in [-0.2, -0.15) is 12.7 Å². The summed E-state index contributed by atoms with van der Waals surface area (Å²) in [7, 11) is -7.44. The zero-order chi connectivity index (χ0) is 23.2. The molecule has 33 heavy (non-hydrogen) atoms. The molecule has 2 aromatic rings. The fraction of sp³-hybridized carbons (Fsp3) is 0.381. The average Bonchev–Trinajstić information content (AvgIpc) is 3.42. The summed E-state index contributed by atoms with van der Waals surface area (Å²) in [4.78, 5) is 21.0. The van der Waals surface area contributed by atoms with Gasteiger partial charge in [-0.3, -0.25) is 9.78 Å². The Kier molecular flexibility index (Phi) is 5.46. The Balaban J connectivity index is 1.31. The molecule has 0 bridgehead atoms. The third-order valence-electron chi connectivity index (χ3n) is 6.24. The molecule has 2 fully saturated rings. The van der Waals surface area contributed by atoms with Gasteiger partial charge >= 0.3 is 0 Å². The number of pyridine rings is 1. The van der Waals surface area contributed by atoms with Crippen LogP contribution in [0, 0.1) is 0 Å². The first-order chi connectivity index (χ1) is 15.8. The molecule has 0 aliphatic carbocycles. The largest absolute Gasteiger partial charge is 0.343 e. The Bertz CT molecular complexity index is 1320. The topological polar surface area (TPSA) is 120 Å². The van der Waals surface area contributed by atoms with Gasteiger partial charge in [0.25, 0.3) is 10.0 Å². The average molecular weight is 490 g/mol. The van der Waals surface area contributed by atoms with Crippen LogP contribution in [0.5, 0.6) is 0 Å². The number of rotatable bonds is 3. The minimum Gasteiger partial charge on any atom is -0.343 e. The molecule has 1 aromatic carbocycles. The number of hydrogen-bond acceptors (Lipinski definition) is 7. The molecule has 2 saturated heterocycles. The van der Waals surface area contributed by atoms with Crippen LogP contribution in [0.4, 0.5) is 0 Å². The lowest BCUT2D eigenvalue weighted by atomic mass is 10.1. The Morgan fingerprint density at radius 2 is 1.76 bits per heavy atom. The molecule has 174 valence electrons. The van der Waals surface area contributed by atoms with Crippen LogP contribution in [0.3, 0.4) is 0 Å². The van der Waals surface area contributed by atoms with Gasteiger partial charge in [0.2, 0.25) is 15.9 Å². The highest BCUT2D eigenvalue weighted by Gasteiger charge is 2.41. The van der Waals surface area contributed by atoms with E-state index >= 15 is 0 Å². The lowest BCUT2D eigenvalue weighted by Gasteiger charge is -2.37. The summed E-state index contributed by atoms with van der Waals surface area (Å²) in [6, 6.07) is 9.20. The molecule has 0 saturated carbocycles. The molecule has 1 aromatic heterocycles. The number of piperazine rings is 1. The highest BCUT2D eigenvalue weighted by molar-refractivity contribution is 7.90. The Labute approximate surface area is 192 Å². The number of fused-ring (bicyclic) bond motifs is 1. The van der Waals surface area contributed by atoms with E-state index in [-0.39, 0.29) is 41.9 Å². The van der Waals surface area contributed by atoms with Gasteiger partial charge in [-0.05, 0) is 37.1 Å². The van der Waals surface area contributed by atoms with Crippen molar-refractivity contribution >= 4 is 31.8 Å². The molecule has 0 radical (unpaired) electrons. The number of sulfonamides is 2. The monoisotopic (exact) mass is 489 g/mol. The predicted molar refractivity (Wildman–Crippen MR) is 119 cm³/mol. The quantitative estimate of drug-likeness (QED) is 0.617. The van der Waals surface area contributed by atoms with Crippen molar-refractivity contribution < 1.29 is 21.6 Å². The predicted octanol–water partition coefficient (Wildman–Crippen LogP) is 0.528. The van der Waals surface area contributed by atoms with Gasteiger partial charge in [0.05, 0.1) is 0 Å². The van der Waals surface area contributed by atoms with E-state index in [1.54, 1.807) is 34.1 Å². The van der Waals surface area contributed by atoms with Crippen LogP contribution in [0.25, 0.3) is 0 Å². The molecule has 12 heteroatoms. The molecule has 1 atom stereocenters. The summed E-state index contributed by atoms with van der Waals surface area (Å²) >= 11 is 0. The zero-order valence-corrected chi connectivity index (χ0v) is 19.4. The second-order valence-corrected chi connectivity index (χ2v) is 11.7. The third kappa shape index (κ3) is 3.81. The van der Waals surface area contributed by atoms with Gasteiger partial charge in [-0.25, -0.2) is 8.42 Å².